The van der Waals surface area contributed by atoms with E-state index >= 15 is 0 Å². The van der Waals surface area contributed by atoms with Gasteiger partial charge in [-0.2, -0.15) is 0 Å². The maximum absolute atomic E-state index is 13.4. The molecular weight excluding hydrogens is 438 g/mol. The van der Waals surface area contributed by atoms with Crippen LogP contribution in [0.5, 0.6) is 11.5 Å². The van der Waals surface area contributed by atoms with Gasteiger partial charge in [-0.15, -0.1) is 0 Å². The molecule has 1 atom stereocenters. The first-order valence-electron chi connectivity index (χ1n) is 12.9. The monoisotopic (exact) mass is 483 g/mol. The van der Waals surface area contributed by atoms with Gasteiger partial charge in [0.2, 0.25) is 0 Å². The summed E-state index contributed by atoms with van der Waals surface area (Å²) in [5.74, 6) is 1.32. The highest BCUT2D eigenvalue weighted by molar-refractivity contribution is 5.96. The van der Waals surface area contributed by atoms with E-state index in [9.17, 15) is 4.79 Å². The standard InChI is InChI=1S/C27H39N3O3.C2H6/c1-8-21-16-24(29-13-11-23(12-14-29)28(4)5)18-30(20(21)3)27(31)15-19(2)22-9-10-25(32-6)26(17-22)33-7;1-2/h9-10,15-18,20,23H,8,11-14H2,1-7H3;1-2H3/b19-15+;. The molecule has 2 heterocycles. The van der Waals surface area contributed by atoms with E-state index in [4.69, 9.17) is 9.47 Å². The predicted octanol–water partition coefficient (Wildman–Crippen LogP) is 5.57. The Morgan fingerprint density at radius 2 is 1.74 bits per heavy atom. The maximum Gasteiger partial charge on any atom is 0.251 e. The fourth-order valence-corrected chi connectivity index (χ4v) is 4.67. The molecule has 1 amide bonds. The molecule has 2 aliphatic heterocycles. The molecule has 0 bridgehead atoms. The highest BCUT2D eigenvalue weighted by atomic mass is 16.5. The summed E-state index contributed by atoms with van der Waals surface area (Å²) in [5.41, 5.74) is 4.26. The number of methoxy groups -OCH3 is 2. The lowest BCUT2D eigenvalue weighted by Crippen LogP contribution is -2.44. The maximum atomic E-state index is 13.4. The Balaban J connectivity index is 0.00000210. The zero-order valence-electron chi connectivity index (χ0n) is 23.2. The van der Waals surface area contributed by atoms with E-state index in [0.29, 0.717) is 17.5 Å². The first-order valence-corrected chi connectivity index (χ1v) is 12.9. The van der Waals surface area contributed by atoms with Crippen LogP contribution in [-0.2, 0) is 4.79 Å². The molecule has 1 aromatic rings. The molecule has 35 heavy (non-hydrogen) atoms. The van der Waals surface area contributed by atoms with E-state index in [1.807, 2.05) is 50.1 Å². The van der Waals surface area contributed by atoms with Gasteiger partial charge in [-0.25, -0.2) is 0 Å². The van der Waals surface area contributed by atoms with Gasteiger partial charge < -0.3 is 24.2 Å². The number of hydrogen-bond acceptors (Lipinski definition) is 5. The Kier molecular flexibility index (Phi) is 10.9. The third-order valence-corrected chi connectivity index (χ3v) is 6.96. The lowest BCUT2D eigenvalue weighted by atomic mass is 9.97. The zero-order chi connectivity index (χ0) is 26.1. The average Bonchev–Trinajstić information content (AvgIpc) is 2.89. The Bertz CT molecular complexity index is 940. The van der Waals surface area contributed by atoms with Gasteiger partial charge >= 0.3 is 0 Å². The Morgan fingerprint density at radius 3 is 2.29 bits per heavy atom. The van der Waals surface area contributed by atoms with Crippen LogP contribution in [-0.4, -0.2) is 74.1 Å². The van der Waals surface area contributed by atoms with E-state index in [0.717, 1.165) is 49.2 Å². The number of likely N-dealkylation sites (tertiary alicyclic amines) is 1. The summed E-state index contributed by atoms with van der Waals surface area (Å²) in [7, 11) is 7.55. The number of piperidine rings is 1. The van der Waals surface area contributed by atoms with Crippen molar-refractivity contribution in [3.05, 3.63) is 53.4 Å². The van der Waals surface area contributed by atoms with Crippen LogP contribution in [0.15, 0.2) is 47.8 Å². The van der Waals surface area contributed by atoms with E-state index in [2.05, 4.69) is 43.8 Å². The molecule has 1 aromatic carbocycles. The molecular formula is C29H45N3O3. The molecule has 3 rings (SSSR count). The fourth-order valence-electron chi connectivity index (χ4n) is 4.67. The van der Waals surface area contributed by atoms with Crippen LogP contribution in [0.25, 0.3) is 5.57 Å². The molecule has 6 nitrogen and oxygen atoms in total. The van der Waals surface area contributed by atoms with Crippen molar-refractivity contribution in [3.63, 3.8) is 0 Å². The van der Waals surface area contributed by atoms with Crippen molar-refractivity contribution < 1.29 is 14.3 Å². The first kappa shape index (κ1) is 28.5. The number of carbonyl (C=O) groups excluding carboxylic acids is 1. The van der Waals surface area contributed by atoms with Gasteiger partial charge in [0.05, 0.1) is 26.0 Å². The molecule has 2 aliphatic rings. The van der Waals surface area contributed by atoms with E-state index < -0.39 is 0 Å². The Morgan fingerprint density at radius 1 is 1.11 bits per heavy atom. The summed E-state index contributed by atoms with van der Waals surface area (Å²) in [5, 5.41) is 0. The van der Waals surface area contributed by atoms with Crippen molar-refractivity contribution in [2.75, 3.05) is 41.4 Å². The molecule has 0 saturated carbocycles. The second-order valence-corrected chi connectivity index (χ2v) is 9.13. The second-order valence-electron chi connectivity index (χ2n) is 9.13. The van der Waals surface area contributed by atoms with Gasteiger partial charge in [0.15, 0.2) is 11.5 Å². The number of carbonyl (C=O) groups is 1. The number of amides is 1. The summed E-state index contributed by atoms with van der Waals surface area (Å²) in [6.07, 6.45) is 9.26. The summed E-state index contributed by atoms with van der Waals surface area (Å²) in [6, 6.07) is 6.40. The molecule has 0 N–H and O–H groups in total. The topological polar surface area (TPSA) is 45.2 Å². The minimum atomic E-state index is -0.00508. The van der Waals surface area contributed by atoms with Crippen molar-refractivity contribution in [2.45, 2.75) is 66.0 Å². The van der Waals surface area contributed by atoms with Gasteiger partial charge in [0.1, 0.15) is 0 Å². The van der Waals surface area contributed by atoms with Crippen molar-refractivity contribution in [3.8, 4) is 11.5 Å². The number of benzene rings is 1. The van der Waals surface area contributed by atoms with Crippen LogP contribution in [0.2, 0.25) is 0 Å². The van der Waals surface area contributed by atoms with Gasteiger partial charge in [-0.1, -0.05) is 26.8 Å². The number of ether oxygens (including phenoxy) is 2. The van der Waals surface area contributed by atoms with Crippen LogP contribution in [0.3, 0.4) is 0 Å². The number of hydrogen-bond donors (Lipinski definition) is 0. The van der Waals surface area contributed by atoms with Crippen molar-refractivity contribution >= 4 is 11.5 Å². The molecule has 1 fully saturated rings. The lowest BCUT2D eigenvalue weighted by molar-refractivity contribution is -0.124. The summed E-state index contributed by atoms with van der Waals surface area (Å²) < 4.78 is 10.8. The third-order valence-electron chi connectivity index (χ3n) is 6.96. The van der Waals surface area contributed by atoms with Crippen LogP contribution in [0, 0.1) is 0 Å². The van der Waals surface area contributed by atoms with Gasteiger partial charge in [-0.05, 0) is 82.1 Å². The largest absolute Gasteiger partial charge is 0.493 e. The smallest absolute Gasteiger partial charge is 0.251 e. The quantitative estimate of drug-likeness (QED) is 0.475. The molecule has 0 radical (unpaired) electrons. The van der Waals surface area contributed by atoms with Crippen molar-refractivity contribution in [2.24, 2.45) is 0 Å². The van der Waals surface area contributed by atoms with Crippen LogP contribution in [0.1, 0.15) is 59.4 Å². The fraction of sp³-hybridized carbons (Fsp3) is 0.552. The molecule has 0 aliphatic carbocycles. The van der Waals surface area contributed by atoms with Crippen LogP contribution in [0.4, 0.5) is 0 Å². The zero-order valence-corrected chi connectivity index (χ0v) is 23.2. The molecule has 6 heteroatoms. The summed E-state index contributed by atoms with van der Waals surface area (Å²) in [6.45, 7) is 12.3. The molecule has 0 aromatic heterocycles. The van der Waals surface area contributed by atoms with Crippen LogP contribution < -0.4 is 9.47 Å². The van der Waals surface area contributed by atoms with Crippen LogP contribution >= 0.6 is 0 Å². The number of allylic oxidation sites excluding steroid dienone is 2. The molecule has 1 unspecified atom stereocenters. The highest BCUT2D eigenvalue weighted by Gasteiger charge is 2.28. The van der Waals surface area contributed by atoms with Gasteiger partial charge in [-0.3, -0.25) is 4.79 Å². The van der Waals surface area contributed by atoms with E-state index in [-0.39, 0.29) is 11.9 Å². The lowest BCUT2D eigenvalue weighted by Gasteiger charge is -2.40. The van der Waals surface area contributed by atoms with Gasteiger partial charge in [0.25, 0.3) is 5.91 Å². The summed E-state index contributed by atoms with van der Waals surface area (Å²) in [4.78, 5) is 20.0. The Labute approximate surface area is 212 Å². The van der Waals surface area contributed by atoms with Crippen molar-refractivity contribution in [1.29, 1.82) is 0 Å². The van der Waals surface area contributed by atoms with E-state index in [1.165, 1.54) is 5.57 Å². The number of nitrogens with zero attached hydrogens (tertiary/aromatic N) is 3. The first-order chi connectivity index (χ1) is 16.8. The molecule has 1 saturated heterocycles. The van der Waals surface area contributed by atoms with Crippen molar-refractivity contribution in [1.82, 2.24) is 14.7 Å². The van der Waals surface area contributed by atoms with E-state index in [1.54, 1.807) is 20.3 Å². The normalized spacial score (nSPS) is 19.0. The highest BCUT2D eigenvalue weighted by Crippen LogP contribution is 2.31. The minimum Gasteiger partial charge on any atom is -0.493 e. The summed E-state index contributed by atoms with van der Waals surface area (Å²) >= 11 is 0. The Hall–Kier alpha value is -2.73. The molecule has 194 valence electrons. The minimum absolute atomic E-state index is 0.00508. The second kappa shape index (κ2) is 13.4. The number of rotatable bonds is 7. The third kappa shape index (κ3) is 6.91. The predicted molar refractivity (Wildman–Crippen MR) is 146 cm³/mol. The SMILES string of the molecule is CC.CCC1=CC(N2CCC(N(C)C)CC2)=CN(C(=O)/C=C(\C)c2ccc(OC)c(OC)c2)C1C. The average molecular weight is 484 g/mol. The van der Waals surface area contributed by atoms with Gasteiger partial charge in [0, 0.05) is 31.4 Å². The molecule has 0 spiro atoms.